The highest BCUT2D eigenvalue weighted by Crippen LogP contribution is 2.52. The molecule has 4 rings (SSSR count). The Morgan fingerprint density at radius 1 is 0.926 bits per heavy atom. The number of hydrogen-bond donors (Lipinski definition) is 4. The van der Waals surface area contributed by atoms with Gasteiger partial charge in [-0.1, -0.05) is 13.8 Å². The lowest BCUT2D eigenvalue weighted by Crippen LogP contribution is -2.48. The summed E-state index contributed by atoms with van der Waals surface area (Å²) < 4.78 is 0. The largest absolute Gasteiger partial charge is 0.507 e. The van der Waals surface area contributed by atoms with Gasteiger partial charge < -0.3 is 20.4 Å². The van der Waals surface area contributed by atoms with E-state index in [9.17, 15) is 30.0 Å². The van der Waals surface area contributed by atoms with Gasteiger partial charge in [0.2, 0.25) is 0 Å². The summed E-state index contributed by atoms with van der Waals surface area (Å²) in [6.45, 7) is 5.46. The van der Waals surface area contributed by atoms with Crippen LogP contribution in [0.25, 0.3) is 0 Å². The minimum Gasteiger partial charge on any atom is -0.507 e. The van der Waals surface area contributed by atoms with Gasteiger partial charge in [0.15, 0.2) is 11.6 Å². The average Bonchev–Trinajstić information content (AvgIpc) is 2.59. The van der Waals surface area contributed by atoms with E-state index in [0.717, 1.165) is 0 Å². The van der Waals surface area contributed by atoms with Crippen molar-refractivity contribution in [3.8, 4) is 11.5 Å². The smallest absolute Gasteiger partial charge is 0.182 e. The summed E-state index contributed by atoms with van der Waals surface area (Å²) in [6, 6.07) is 0. The van der Waals surface area contributed by atoms with Crippen LogP contribution in [0.2, 0.25) is 0 Å². The molecule has 0 spiro atoms. The molecule has 2 aliphatic carbocycles. The fraction of sp³-hybridized carbons (Fsp3) is 0.579. The molecule has 1 aliphatic heterocycles. The molecular weight excluding hydrogens is 388 g/mol. The lowest BCUT2D eigenvalue weighted by atomic mass is 9.74. The van der Waals surface area contributed by atoms with Gasteiger partial charge in [-0.05, 0) is 6.92 Å². The maximum atomic E-state index is 13.2. The van der Waals surface area contributed by atoms with Gasteiger partial charge in [0, 0.05) is 34.5 Å². The van der Waals surface area contributed by atoms with Crippen molar-refractivity contribution in [2.24, 2.45) is 0 Å². The minimum absolute atomic E-state index is 0.0973. The molecule has 1 aromatic rings. The molecule has 8 heteroatoms. The van der Waals surface area contributed by atoms with Gasteiger partial charge in [0.05, 0.1) is 33.3 Å². The Kier molecular flexibility index (Phi) is 4.34. The summed E-state index contributed by atoms with van der Waals surface area (Å²) in [4.78, 5) is 26.3. The zero-order valence-corrected chi connectivity index (χ0v) is 16.9. The van der Waals surface area contributed by atoms with E-state index >= 15 is 0 Å². The van der Waals surface area contributed by atoms with E-state index in [1.807, 2.05) is 13.8 Å². The third-order valence-electron chi connectivity index (χ3n) is 5.98. The summed E-state index contributed by atoms with van der Waals surface area (Å²) in [7, 11) is 0. The molecule has 3 aliphatic rings. The fourth-order valence-electron chi connectivity index (χ4n) is 4.11. The maximum Gasteiger partial charge on any atom is 0.182 e. The van der Waals surface area contributed by atoms with Crippen LogP contribution in [-0.2, 0) is 12.8 Å². The Hall–Kier alpha value is -1.22. The van der Waals surface area contributed by atoms with E-state index in [4.69, 9.17) is 0 Å². The van der Waals surface area contributed by atoms with E-state index in [2.05, 4.69) is 0 Å². The topological polar surface area (TPSA) is 115 Å². The van der Waals surface area contributed by atoms with Crippen molar-refractivity contribution in [1.82, 2.24) is 0 Å². The number of aliphatic hydroxyl groups excluding tert-OH is 1. The Balaban J connectivity index is 1.92. The lowest BCUT2D eigenvalue weighted by molar-refractivity contribution is -0.0668. The number of phenolic OH excluding ortho intramolecular Hbond substituents is 2. The van der Waals surface area contributed by atoms with Crippen LogP contribution in [0.3, 0.4) is 0 Å². The SMILES string of the molecule is CC1SC2C(=O)c3c(O)c4c(c(O)c3C(=O)C2SC1C)C[C@](C)(O)[C@H](O)C4. The van der Waals surface area contributed by atoms with Crippen LogP contribution in [0.5, 0.6) is 11.5 Å². The molecule has 1 heterocycles. The monoisotopic (exact) mass is 410 g/mol. The van der Waals surface area contributed by atoms with E-state index in [-0.39, 0.29) is 68.7 Å². The van der Waals surface area contributed by atoms with Crippen molar-refractivity contribution in [3.05, 3.63) is 22.3 Å². The number of aliphatic hydroxyl groups is 2. The van der Waals surface area contributed by atoms with E-state index < -0.39 is 22.2 Å². The third-order valence-corrected chi connectivity index (χ3v) is 9.56. The maximum absolute atomic E-state index is 13.2. The van der Waals surface area contributed by atoms with Gasteiger partial charge in [-0.15, -0.1) is 23.5 Å². The lowest BCUT2D eigenvalue weighted by Gasteiger charge is -2.41. The molecule has 1 saturated heterocycles. The highest BCUT2D eigenvalue weighted by atomic mass is 32.2. The summed E-state index contributed by atoms with van der Waals surface area (Å²) in [5.74, 6) is -1.40. The van der Waals surface area contributed by atoms with Gasteiger partial charge in [-0.25, -0.2) is 0 Å². The van der Waals surface area contributed by atoms with Gasteiger partial charge >= 0.3 is 0 Å². The highest BCUT2D eigenvalue weighted by molar-refractivity contribution is 8.08. The molecule has 4 unspecified atom stereocenters. The third kappa shape index (κ3) is 2.64. The van der Waals surface area contributed by atoms with Gasteiger partial charge in [-0.3, -0.25) is 9.59 Å². The zero-order chi connectivity index (χ0) is 19.8. The summed E-state index contributed by atoms with van der Waals surface area (Å²) >= 11 is 2.87. The van der Waals surface area contributed by atoms with Crippen LogP contribution in [0, 0.1) is 0 Å². The van der Waals surface area contributed by atoms with Gasteiger partial charge in [0.1, 0.15) is 11.5 Å². The number of carbonyl (C=O) groups excluding carboxylic acids is 2. The number of ketones is 2. The second-order valence-corrected chi connectivity index (χ2v) is 11.0. The number of phenols is 2. The zero-order valence-electron chi connectivity index (χ0n) is 15.2. The standard InChI is InChI=1S/C19H22O6S2/c1-6-7(2)27-18-16(24)12-11(15(23)17(18)26-6)13(21)8-4-10(20)19(3,25)5-9(8)14(12)22/h6-7,10,17-18,20-22,25H,4-5H2,1-3H3/t6?,7?,10-,17?,18?,19+/m1/s1. The van der Waals surface area contributed by atoms with E-state index in [1.54, 1.807) is 0 Å². The molecule has 0 aromatic heterocycles. The van der Waals surface area contributed by atoms with Crippen LogP contribution in [-0.4, -0.2) is 64.7 Å². The van der Waals surface area contributed by atoms with Crippen molar-refractivity contribution in [2.75, 3.05) is 0 Å². The Morgan fingerprint density at radius 2 is 1.37 bits per heavy atom. The van der Waals surface area contributed by atoms with Crippen molar-refractivity contribution in [1.29, 1.82) is 0 Å². The Bertz CT molecular complexity index is 864. The van der Waals surface area contributed by atoms with Crippen molar-refractivity contribution < 1.29 is 30.0 Å². The van der Waals surface area contributed by atoms with Crippen LogP contribution in [0.1, 0.15) is 52.6 Å². The fourth-order valence-corrected chi connectivity index (χ4v) is 7.27. The van der Waals surface area contributed by atoms with E-state index in [1.165, 1.54) is 30.4 Å². The molecule has 146 valence electrons. The number of thioether (sulfide) groups is 2. The Labute approximate surface area is 165 Å². The first-order valence-electron chi connectivity index (χ1n) is 8.94. The van der Waals surface area contributed by atoms with Crippen molar-refractivity contribution in [3.63, 3.8) is 0 Å². The minimum atomic E-state index is -1.49. The first kappa shape index (κ1) is 19.1. The first-order valence-corrected chi connectivity index (χ1v) is 10.8. The van der Waals surface area contributed by atoms with Crippen LogP contribution < -0.4 is 0 Å². The molecule has 1 fully saturated rings. The van der Waals surface area contributed by atoms with Crippen LogP contribution in [0.15, 0.2) is 0 Å². The summed E-state index contributed by atoms with van der Waals surface area (Å²) in [6.07, 6.45) is -1.35. The van der Waals surface area contributed by atoms with Gasteiger partial charge in [0.25, 0.3) is 0 Å². The number of benzene rings is 1. The average molecular weight is 411 g/mol. The number of Topliss-reactive ketones (excluding diaryl/α,β-unsaturated/α-hetero) is 2. The molecular formula is C19H22O6S2. The first-order chi connectivity index (χ1) is 12.5. The number of fused-ring (bicyclic) bond motifs is 3. The molecule has 0 radical (unpaired) electrons. The number of hydrogen-bond acceptors (Lipinski definition) is 8. The summed E-state index contributed by atoms with van der Waals surface area (Å²) in [5.41, 5.74) is -1.30. The molecule has 1 aromatic carbocycles. The second kappa shape index (κ2) is 6.14. The molecule has 6 atom stereocenters. The molecule has 0 saturated carbocycles. The summed E-state index contributed by atoms with van der Waals surface area (Å²) in [5, 5.41) is 41.3. The van der Waals surface area contributed by atoms with Gasteiger partial charge in [-0.2, -0.15) is 0 Å². The molecule has 0 amide bonds. The van der Waals surface area contributed by atoms with Crippen molar-refractivity contribution >= 4 is 35.1 Å². The number of aromatic hydroxyl groups is 2. The van der Waals surface area contributed by atoms with Crippen molar-refractivity contribution in [2.45, 2.75) is 66.3 Å². The van der Waals surface area contributed by atoms with Crippen LogP contribution in [0.4, 0.5) is 0 Å². The molecule has 27 heavy (non-hydrogen) atoms. The molecule has 4 N–H and O–H groups in total. The Morgan fingerprint density at radius 3 is 1.85 bits per heavy atom. The highest BCUT2D eigenvalue weighted by Gasteiger charge is 2.51. The molecule has 6 nitrogen and oxygen atoms in total. The second-order valence-electron chi connectivity index (χ2n) is 7.91. The van der Waals surface area contributed by atoms with E-state index in [0.29, 0.717) is 0 Å². The predicted octanol–water partition coefficient (Wildman–Crippen LogP) is 1.68. The number of rotatable bonds is 0. The predicted molar refractivity (Wildman–Crippen MR) is 104 cm³/mol. The quantitative estimate of drug-likeness (QED) is 0.478. The molecule has 0 bridgehead atoms. The number of carbonyl (C=O) groups is 2. The normalized spacial score (nSPS) is 38.2. The van der Waals surface area contributed by atoms with Crippen LogP contribution >= 0.6 is 23.5 Å².